The molecule has 1 aromatic rings. The Morgan fingerprint density at radius 3 is 2.42 bits per heavy atom. The monoisotopic (exact) mass is 303 g/mol. The van der Waals surface area contributed by atoms with Crippen LogP contribution in [-0.4, -0.2) is 23.2 Å². The molecule has 0 saturated heterocycles. The Balaban J connectivity index is 2.74. The summed E-state index contributed by atoms with van der Waals surface area (Å²) in [6.07, 6.45) is 1.54. The topological polar surface area (TPSA) is 49.3 Å². The molecule has 0 aliphatic carbocycles. The molecule has 0 saturated carbocycles. The Morgan fingerprint density at radius 1 is 1.32 bits per heavy atom. The minimum atomic E-state index is -0.546. The average molecular weight is 304 g/mol. The van der Waals surface area contributed by atoms with Gasteiger partial charge in [-0.2, -0.15) is 0 Å². The summed E-state index contributed by atoms with van der Waals surface area (Å²) in [7, 11) is 0. The second kappa shape index (κ2) is 7.13. The van der Waals surface area contributed by atoms with Crippen molar-refractivity contribution in [2.24, 2.45) is 0 Å². The van der Waals surface area contributed by atoms with Crippen molar-refractivity contribution in [3.05, 3.63) is 33.8 Å². The Bertz CT molecular complexity index is 437. The van der Waals surface area contributed by atoms with Gasteiger partial charge in [0.15, 0.2) is 0 Å². The first-order valence-corrected chi connectivity index (χ1v) is 7.07. The molecule has 0 aliphatic rings. The first kappa shape index (κ1) is 16.3. The van der Waals surface area contributed by atoms with Crippen LogP contribution in [0.3, 0.4) is 0 Å². The van der Waals surface area contributed by atoms with E-state index in [1.807, 2.05) is 13.8 Å². The minimum Gasteiger partial charge on any atom is -0.394 e. The molecule has 106 valence electrons. The van der Waals surface area contributed by atoms with Gasteiger partial charge in [-0.25, -0.2) is 0 Å². The zero-order valence-corrected chi connectivity index (χ0v) is 12.7. The van der Waals surface area contributed by atoms with Crippen LogP contribution in [0.1, 0.15) is 32.3 Å². The molecule has 0 atom stereocenters. The van der Waals surface area contributed by atoms with Gasteiger partial charge in [0.2, 0.25) is 5.91 Å². The highest BCUT2D eigenvalue weighted by Crippen LogP contribution is 2.22. The van der Waals surface area contributed by atoms with Gasteiger partial charge in [-0.05, 0) is 30.5 Å². The zero-order valence-electron chi connectivity index (χ0n) is 11.2. The van der Waals surface area contributed by atoms with Crippen molar-refractivity contribution in [1.29, 1.82) is 0 Å². The molecular weight excluding hydrogens is 285 g/mol. The van der Waals surface area contributed by atoms with Crippen molar-refractivity contribution < 1.29 is 9.90 Å². The second-order valence-electron chi connectivity index (χ2n) is 4.61. The Labute approximate surface area is 123 Å². The van der Waals surface area contributed by atoms with Crippen LogP contribution in [0.15, 0.2) is 18.2 Å². The second-order valence-corrected chi connectivity index (χ2v) is 5.45. The highest BCUT2D eigenvalue weighted by Gasteiger charge is 2.27. The van der Waals surface area contributed by atoms with Gasteiger partial charge in [-0.1, -0.05) is 43.1 Å². The summed E-state index contributed by atoms with van der Waals surface area (Å²) in [6.45, 7) is 3.81. The van der Waals surface area contributed by atoms with Crippen molar-refractivity contribution >= 4 is 29.1 Å². The fraction of sp³-hybridized carbons (Fsp3) is 0.500. The predicted molar refractivity (Wildman–Crippen MR) is 78.7 cm³/mol. The van der Waals surface area contributed by atoms with E-state index in [1.165, 1.54) is 0 Å². The lowest BCUT2D eigenvalue weighted by atomic mass is 9.93. The van der Waals surface area contributed by atoms with Crippen LogP contribution in [0.4, 0.5) is 0 Å². The summed E-state index contributed by atoms with van der Waals surface area (Å²) in [5.74, 6) is -0.151. The van der Waals surface area contributed by atoms with Crippen LogP contribution in [-0.2, 0) is 11.2 Å². The molecule has 0 unspecified atom stereocenters. The fourth-order valence-corrected chi connectivity index (χ4v) is 2.34. The zero-order chi connectivity index (χ0) is 14.5. The predicted octanol–water partition coefficient (Wildman–Crippen LogP) is 3.20. The molecule has 3 nitrogen and oxygen atoms in total. The van der Waals surface area contributed by atoms with Gasteiger partial charge in [0, 0.05) is 10.0 Å². The van der Waals surface area contributed by atoms with Crippen molar-refractivity contribution in [3.8, 4) is 0 Å². The molecule has 5 heteroatoms. The van der Waals surface area contributed by atoms with Crippen molar-refractivity contribution in [2.75, 3.05) is 6.61 Å². The first-order valence-electron chi connectivity index (χ1n) is 6.32. The number of nitrogens with one attached hydrogen (secondary N) is 1. The number of rotatable bonds is 6. The third-order valence-corrected chi connectivity index (χ3v) is 4.01. The lowest BCUT2D eigenvalue weighted by Gasteiger charge is -2.30. The number of aliphatic hydroxyl groups excluding tert-OH is 1. The number of carbonyl (C=O) groups is 1. The highest BCUT2D eigenvalue weighted by atomic mass is 35.5. The molecule has 0 heterocycles. The van der Waals surface area contributed by atoms with Gasteiger partial charge in [-0.15, -0.1) is 0 Å². The molecule has 2 N–H and O–H groups in total. The molecular formula is C14H19Cl2NO2. The van der Waals surface area contributed by atoms with Gasteiger partial charge < -0.3 is 10.4 Å². The highest BCUT2D eigenvalue weighted by molar-refractivity contribution is 6.35. The lowest BCUT2D eigenvalue weighted by Crippen LogP contribution is -2.51. The van der Waals surface area contributed by atoms with Crippen LogP contribution in [0.5, 0.6) is 0 Å². The van der Waals surface area contributed by atoms with Crippen LogP contribution in [0, 0.1) is 0 Å². The van der Waals surface area contributed by atoms with Crippen LogP contribution >= 0.6 is 23.2 Å². The maximum atomic E-state index is 12.0. The Morgan fingerprint density at radius 2 is 1.95 bits per heavy atom. The van der Waals surface area contributed by atoms with E-state index in [2.05, 4.69) is 5.32 Å². The standard InChI is InChI=1S/C14H19Cl2NO2/c1-3-14(4-2,9-18)17-13(19)7-10-5-6-11(15)8-12(10)16/h5-6,8,18H,3-4,7,9H2,1-2H3,(H,17,19). The average Bonchev–Trinajstić information content (AvgIpc) is 2.39. The van der Waals surface area contributed by atoms with E-state index in [4.69, 9.17) is 23.2 Å². The summed E-state index contributed by atoms with van der Waals surface area (Å²) in [6, 6.07) is 5.06. The minimum absolute atomic E-state index is 0.0694. The summed E-state index contributed by atoms with van der Waals surface area (Å²) < 4.78 is 0. The first-order chi connectivity index (χ1) is 8.96. The third kappa shape index (κ3) is 4.37. The van der Waals surface area contributed by atoms with Crippen LogP contribution in [0.2, 0.25) is 10.0 Å². The summed E-state index contributed by atoms with van der Waals surface area (Å²) in [4.78, 5) is 12.0. The van der Waals surface area contributed by atoms with Crippen LogP contribution < -0.4 is 5.32 Å². The van der Waals surface area contributed by atoms with E-state index in [-0.39, 0.29) is 18.9 Å². The molecule has 0 aromatic heterocycles. The van der Waals surface area contributed by atoms with Gasteiger partial charge in [-0.3, -0.25) is 4.79 Å². The smallest absolute Gasteiger partial charge is 0.224 e. The molecule has 19 heavy (non-hydrogen) atoms. The third-order valence-electron chi connectivity index (χ3n) is 3.43. The quantitative estimate of drug-likeness (QED) is 0.848. The molecule has 0 spiro atoms. The lowest BCUT2D eigenvalue weighted by molar-refractivity contribution is -0.123. The Kier molecular flexibility index (Phi) is 6.11. The number of carbonyl (C=O) groups excluding carboxylic acids is 1. The van der Waals surface area contributed by atoms with Crippen molar-refractivity contribution in [1.82, 2.24) is 5.32 Å². The van der Waals surface area contributed by atoms with E-state index >= 15 is 0 Å². The van der Waals surface area contributed by atoms with Gasteiger partial charge >= 0.3 is 0 Å². The number of aliphatic hydroxyl groups is 1. The summed E-state index contributed by atoms with van der Waals surface area (Å²) in [5.41, 5.74) is 0.179. The van der Waals surface area contributed by atoms with Gasteiger partial charge in [0.05, 0.1) is 18.6 Å². The van der Waals surface area contributed by atoms with Crippen molar-refractivity contribution in [2.45, 2.75) is 38.6 Å². The molecule has 1 aromatic carbocycles. The largest absolute Gasteiger partial charge is 0.394 e. The number of hydrogen-bond donors (Lipinski definition) is 2. The molecule has 1 amide bonds. The number of hydrogen-bond acceptors (Lipinski definition) is 2. The maximum absolute atomic E-state index is 12.0. The number of benzene rings is 1. The van der Waals surface area contributed by atoms with E-state index in [9.17, 15) is 9.90 Å². The fourth-order valence-electron chi connectivity index (χ4n) is 1.87. The van der Waals surface area contributed by atoms with E-state index in [0.717, 1.165) is 5.56 Å². The molecule has 0 radical (unpaired) electrons. The summed E-state index contributed by atoms with van der Waals surface area (Å²) in [5, 5.41) is 13.3. The molecule has 0 aliphatic heterocycles. The maximum Gasteiger partial charge on any atom is 0.224 e. The van der Waals surface area contributed by atoms with E-state index < -0.39 is 5.54 Å². The Hall–Kier alpha value is -0.770. The van der Waals surface area contributed by atoms with Crippen molar-refractivity contribution in [3.63, 3.8) is 0 Å². The number of halogens is 2. The normalized spacial score (nSPS) is 11.4. The van der Waals surface area contributed by atoms with E-state index in [1.54, 1.807) is 18.2 Å². The molecule has 1 rings (SSSR count). The number of amides is 1. The van der Waals surface area contributed by atoms with Gasteiger partial charge in [0.25, 0.3) is 0 Å². The SMILES string of the molecule is CCC(CC)(CO)NC(=O)Cc1ccc(Cl)cc1Cl. The summed E-state index contributed by atoms with van der Waals surface area (Å²) >= 11 is 11.8. The van der Waals surface area contributed by atoms with Crippen LogP contribution in [0.25, 0.3) is 0 Å². The molecule has 0 fully saturated rings. The van der Waals surface area contributed by atoms with Gasteiger partial charge in [0.1, 0.15) is 0 Å². The molecule has 0 bridgehead atoms. The van der Waals surface area contributed by atoms with E-state index in [0.29, 0.717) is 22.9 Å².